The van der Waals surface area contributed by atoms with Crippen LogP contribution >= 0.6 is 0 Å². The van der Waals surface area contributed by atoms with Crippen molar-refractivity contribution in [3.05, 3.63) is 11.5 Å². The number of rotatable bonds is 4. The van der Waals surface area contributed by atoms with E-state index in [0.717, 1.165) is 30.2 Å². The van der Waals surface area contributed by atoms with Gasteiger partial charge in [-0.2, -0.15) is 0 Å². The second-order valence-corrected chi connectivity index (χ2v) is 4.11. The summed E-state index contributed by atoms with van der Waals surface area (Å²) in [6, 6.07) is 0. The normalized spacial score (nSPS) is 15.2. The number of nitrogens with zero attached hydrogens (tertiary/aromatic N) is 2. The van der Waals surface area contributed by atoms with Gasteiger partial charge in [0.25, 0.3) is 0 Å². The monoisotopic (exact) mass is 203 g/mol. The smallest absolute Gasteiger partial charge is 0.127 e. The second kappa shape index (κ2) is 3.98. The zero-order valence-electron chi connectivity index (χ0n) is 9.16. The van der Waals surface area contributed by atoms with Crippen LogP contribution in [0.25, 0.3) is 0 Å². The van der Waals surface area contributed by atoms with Crippen molar-refractivity contribution in [1.29, 1.82) is 0 Å². The molecule has 0 atom stereocenters. The van der Waals surface area contributed by atoms with Crippen molar-refractivity contribution in [2.24, 2.45) is 0 Å². The van der Waals surface area contributed by atoms with Crippen molar-refractivity contribution in [1.82, 2.24) is 9.55 Å². The van der Waals surface area contributed by atoms with Gasteiger partial charge in [-0.05, 0) is 19.3 Å². The molecular weight excluding hydrogens is 186 g/mol. The van der Waals surface area contributed by atoms with Crippen LogP contribution in [0, 0.1) is 12.3 Å². The lowest BCUT2D eigenvalue weighted by Crippen LogP contribution is -2.06. The summed E-state index contributed by atoms with van der Waals surface area (Å²) in [4.78, 5) is 4.62. The SMILES string of the molecule is C#CCn1c(CCC)nc(C2CC2)c1N. The molecule has 80 valence electrons. The Morgan fingerprint density at radius 1 is 1.60 bits per heavy atom. The molecule has 1 heterocycles. The zero-order valence-corrected chi connectivity index (χ0v) is 9.16. The first kappa shape index (κ1) is 10.1. The summed E-state index contributed by atoms with van der Waals surface area (Å²) in [5.74, 6) is 5.08. The fourth-order valence-corrected chi connectivity index (χ4v) is 1.87. The molecule has 0 aromatic carbocycles. The number of nitrogen functional groups attached to an aromatic ring is 1. The second-order valence-electron chi connectivity index (χ2n) is 4.11. The van der Waals surface area contributed by atoms with E-state index in [2.05, 4.69) is 17.8 Å². The van der Waals surface area contributed by atoms with Gasteiger partial charge in [0, 0.05) is 12.3 Å². The lowest BCUT2D eigenvalue weighted by atomic mass is 10.3. The molecule has 1 fully saturated rings. The maximum Gasteiger partial charge on any atom is 0.127 e. The maximum absolute atomic E-state index is 6.07. The van der Waals surface area contributed by atoms with Gasteiger partial charge in [-0.3, -0.25) is 0 Å². The molecule has 1 aromatic heterocycles. The zero-order chi connectivity index (χ0) is 10.8. The van der Waals surface area contributed by atoms with Crippen molar-refractivity contribution < 1.29 is 0 Å². The highest BCUT2D eigenvalue weighted by molar-refractivity contribution is 5.43. The van der Waals surface area contributed by atoms with Gasteiger partial charge in [0.15, 0.2) is 0 Å². The van der Waals surface area contributed by atoms with Crippen molar-refractivity contribution in [3.63, 3.8) is 0 Å². The number of terminal acetylenes is 1. The topological polar surface area (TPSA) is 43.8 Å². The van der Waals surface area contributed by atoms with Crippen LogP contribution in [0.4, 0.5) is 5.82 Å². The maximum atomic E-state index is 6.07. The molecule has 0 bridgehead atoms. The van der Waals surface area contributed by atoms with Gasteiger partial charge < -0.3 is 10.3 Å². The predicted molar refractivity (Wildman–Crippen MR) is 61.4 cm³/mol. The first-order valence-electron chi connectivity index (χ1n) is 5.56. The van der Waals surface area contributed by atoms with Crippen LogP contribution in [0.15, 0.2) is 0 Å². The van der Waals surface area contributed by atoms with Crippen LogP contribution in [0.5, 0.6) is 0 Å². The number of anilines is 1. The summed E-state index contributed by atoms with van der Waals surface area (Å²) in [5.41, 5.74) is 7.14. The standard InChI is InChI=1S/C12H17N3/c1-3-5-10-14-11(9-6-7-9)12(13)15(10)8-4-2/h2,9H,3,5-8,13H2,1H3. The summed E-state index contributed by atoms with van der Waals surface area (Å²) < 4.78 is 1.98. The molecule has 3 heteroatoms. The Labute approximate surface area is 90.7 Å². The van der Waals surface area contributed by atoms with E-state index in [1.54, 1.807) is 0 Å². The summed E-state index contributed by atoms with van der Waals surface area (Å²) in [7, 11) is 0. The van der Waals surface area contributed by atoms with Crippen molar-refractivity contribution in [2.75, 3.05) is 5.73 Å². The Morgan fingerprint density at radius 2 is 2.33 bits per heavy atom. The highest BCUT2D eigenvalue weighted by Crippen LogP contribution is 2.42. The molecule has 1 saturated carbocycles. The molecular formula is C12H17N3. The fourth-order valence-electron chi connectivity index (χ4n) is 1.87. The number of aryl methyl sites for hydroxylation is 1. The first-order chi connectivity index (χ1) is 7.27. The van der Waals surface area contributed by atoms with E-state index in [4.69, 9.17) is 12.2 Å². The quantitative estimate of drug-likeness (QED) is 0.760. The van der Waals surface area contributed by atoms with Crippen LogP contribution in [0.2, 0.25) is 0 Å². The summed E-state index contributed by atoms with van der Waals surface area (Å²) in [5, 5.41) is 0. The molecule has 1 aromatic rings. The van der Waals surface area contributed by atoms with E-state index in [1.165, 1.54) is 12.8 Å². The van der Waals surface area contributed by atoms with E-state index in [1.807, 2.05) is 4.57 Å². The summed E-state index contributed by atoms with van der Waals surface area (Å²) >= 11 is 0. The van der Waals surface area contributed by atoms with E-state index < -0.39 is 0 Å². The highest BCUT2D eigenvalue weighted by Gasteiger charge is 2.30. The number of aromatic nitrogens is 2. The van der Waals surface area contributed by atoms with Gasteiger partial charge in [-0.15, -0.1) is 6.42 Å². The number of imidazole rings is 1. The van der Waals surface area contributed by atoms with Crippen molar-refractivity contribution in [3.8, 4) is 12.3 Å². The average molecular weight is 203 g/mol. The van der Waals surface area contributed by atoms with Crippen LogP contribution in [0.3, 0.4) is 0 Å². The summed E-state index contributed by atoms with van der Waals surface area (Å²) in [6.45, 7) is 2.68. The molecule has 2 N–H and O–H groups in total. The molecule has 0 spiro atoms. The number of nitrogens with two attached hydrogens (primary N) is 1. The third-order valence-electron chi connectivity index (χ3n) is 2.80. The largest absolute Gasteiger partial charge is 0.384 e. The van der Waals surface area contributed by atoms with Gasteiger partial charge in [-0.25, -0.2) is 4.98 Å². The van der Waals surface area contributed by atoms with E-state index in [-0.39, 0.29) is 0 Å². The molecule has 0 unspecified atom stereocenters. The number of hydrogen-bond acceptors (Lipinski definition) is 2. The minimum Gasteiger partial charge on any atom is -0.384 e. The first-order valence-corrected chi connectivity index (χ1v) is 5.56. The van der Waals surface area contributed by atoms with Gasteiger partial charge in [0.05, 0.1) is 12.2 Å². The van der Waals surface area contributed by atoms with Crippen molar-refractivity contribution in [2.45, 2.75) is 45.1 Å². The Hall–Kier alpha value is -1.43. The van der Waals surface area contributed by atoms with Crippen LogP contribution < -0.4 is 5.73 Å². The Balaban J connectivity index is 2.34. The lowest BCUT2D eigenvalue weighted by molar-refractivity contribution is 0.732. The Morgan fingerprint density at radius 3 is 2.87 bits per heavy atom. The van der Waals surface area contributed by atoms with Crippen LogP contribution in [-0.2, 0) is 13.0 Å². The van der Waals surface area contributed by atoms with Crippen molar-refractivity contribution >= 4 is 5.82 Å². The van der Waals surface area contributed by atoms with Crippen LogP contribution in [-0.4, -0.2) is 9.55 Å². The predicted octanol–water partition coefficient (Wildman–Crippen LogP) is 1.93. The molecule has 1 aliphatic carbocycles. The highest BCUT2D eigenvalue weighted by atomic mass is 15.1. The number of hydrogen-bond donors (Lipinski definition) is 1. The summed E-state index contributed by atoms with van der Waals surface area (Å²) in [6.07, 6.45) is 9.82. The van der Waals surface area contributed by atoms with E-state index >= 15 is 0 Å². The average Bonchev–Trinajstić information content (AvgIpc) is 3.00. The molecule has 3 nitrogen and oxygen atoms in total. The molecule has 0 aliphatic heterocycles. The Kier molecular flexibility index (Phi) is 2.68. The van der Waals surface area contributed by atoms with Gasteiger partial charge in [0.2, 0.25) is 0 Å². The van der Waals surface area contributed by atoms with Crippen LogP contribution in [0.1, 0.15) is 43.6 Å². The third kappa shape index (κ3) is 1.85. The molecule has 1 aliphatic rings. The molecule has 0 saturated heterocycles. The lowest BCUT2D eigenvalue weighted by Gasteiger charge is -2.04. The third-order valence-corrected chi connectivity index (χ3v) is 2.80. The minimum atomic E-state index is 0.543. The van der Waals surface area contributed by atoms with E-state index in [0.29, 0.717) is 12.5 Å². The minimum absolute atomic E-state index is 0.543. The van der Waals surface area contributed by atoms with Gasteiger partial charge in [-0.1, -0.05) is 12.8 Å². The molecule has 15 heavy (non-hydrogen) atoms. The van der Waals surface area contributed by atoms with E-state index in [9.17, 15) is 0 Å². The van der Waals surface area contributed by atoms with Gasteiger partial charge in [0.1, 0.15) is 11.6 Å². The fraction of sp³-hybridized carbons (Fsp3) is 0.583. The van der Waals surface area contributed by atoms with Gasteiger partial charge >= 0.3 is 0 Å². The Bertz CT molecular complexity index is 394. The molecule has 0 amide bonds. The molecule has 0 radical (unpaired) electrons. The molecule has 2 rings (SSSR count).